The van der Waals surface area contributed by atoms with Crippen molar-refractivity contribution in [3.05, 3.63) is 82.2 Å². The zero-order chi connectivity index (χ0) is 21.1. The number of carbonyl (C=O) groups excluding carboxylic acids is 1. The van der Waals surface area contributed by atoms with E-state index in [1.165, 1.54) is 0 Å². The standard InChI is InChI=1S/C21H16Cl2N4O3/c1-29-19-5-3-2-4-16(19)20-9-18(26-30-20)21(28)25-15-10-24-27(12-15)11-13-6-7-14(22)8-17(13)23/h2-10,12H,11H2,1H3,(H,25,28). The number of halogens is 2. The van der Waals surface area contributed by atoms with Crippen LogP contribution >= 0.6 is 23.2 Å². The number of nitrogens with zero attached hydrogens (tertiary/aromatic N) is 3. The van der Waals surface area contributed by atoms with E-state index in [9.17, 15) is 4.79 Å². The summed E-state index contributed by atoms with van der Waals surface area (Å²) in [5, 5.41) is 12.0. The highest BCUT2D eigenvalue weighted by Crippen LogP contribution is 2.30. The predicted molar refractivity (Wildman–Crippen MR) is 114 cm³/mol. The van der Waals surface area contributed by atoms with E-state index < -0.39 is 5.91 Å². The number of aromatic nitrogens is 3. The van der Waals surface area contributed by atoms with Gasteiger partial charge in [-0.15, -0.1) is 0 Å². The van der Waals surface area contributed by atoms with Gasteiger partial charge in [0.15, 0.2) is 11.5 Å². The Kier molecular flexibility index (Phi) is 5.74. The normalized spacial score (nSPS) is 10.8. The number of hydrogen-bond acceptors (Lipinski definition) is 5. The molecule has 1 amide bonds. The van der Waals surface area contributed by atoms with Crippen molar-refractivity contribution in [2.45, 2.75) is 6.54 Å². The van der Waals surface area contributed by atoms with E-state index in [0.29, 0.717) is 39.4 Å². The quantitative estimate of drug-likeness (QED) is 0.446. The van der Waals surface area contributed by atoms with E-state index in [1.807, 2.05) is 24.3 Å². The second kappa shape index (κ2) is 8.61. The summed E-state index contributed by atoms with van der Waals surface area (Å²) in [5.74, 6) is 0.650. The molecular weight excluding hydrogens is 427 g/mol. The predicted octanol–water partition coefficient (Wildman–Crippen LogP) is 5.15. The zero-order valence-corrected chi connectivity index (χ0v) is 17.3. The number of rotatable bonds is 6. The summed E-state index contributed by atoms with van der Waals surface area (Å²) in [7, 11) is 1.57. The third-order valence-electron chi connectivity index (χ3n) is 4.35. The zero-order valence-electron chi connectivity index (χ0n) is 15.8. The molecule has 0 saturated carbocycles. The van der Waals surface area contributed by atoms with Crippen molar-refractivity contribution in [3.8, 4) is 17.1 Å². The van der Waals surface area contributed by atoms with Crippen LogP contribution in [0, 0.1) is 0 Å². The highest BCUT2D eigenvalue weighted by Gasteiger charge is 2.17. The van der Waals surface area contributed by atoms with E-state index in [4.69, 9.17) is 32.5 Å². The Balaban J connectivity index is 1.45. The van der Waals surface area contributed by atoms with Crippen LogP contribution in [0.4, 0.5) is 5.69 Å². The van der Waals surface area contributed by atoms with Crippen LogP contribution in [0.2, 0.25) is 10.0 Å². The van der Waals surface area contributed by atoms with E-state index >= 15 is 0 Å². The first-order valence-electron chi connectivity index (χ1n) is 8.91. The minimum Gasteiger partial charge on any atom is -0.496 e. The second-order valence-corrected chi connectivity index (χ2v) is 7.24. The minimum atomic E-state index is -0.413. The summed E-state index contributed by atoms with van der Waals surface area (Å²) in [6.07, 6.45) is 3.24. The van der Waals surface area contributed by atoms with Gasteiger partial charge in [-0.3, -0.25) is 9.48 Å². The molecule has 152 valence electrons. The molecule has 4 rings (SSSR count). The number of ether oxygens (including phenoxy) is 1. The lowest BCUT2D eigenvalue weighted by atomic mass is 10.1. The third-order valence-corrected chi connectivity index (χ3v) is 4.94. The van der Waals surface area contributed by atoms with Crippen LogP contribution in [0.5, 0.6) is 5.75 Å². The smallest absolute Gasteiger partial charge is 0.277 e. The van der Waals surface area contributed by atoms with Crippen LogP contribution < -0.4 is 10.1 Å². The molecule has 0 unspecified atom stereocenters. The van der Waals surface area contributed by atoms with Gasteiger partial charge >= 0.3 is 0 Å². The van der Waals surface area contributed by atoms with Crippen LogP contribution in [-0.2, 0) is 6.54 Å². The van der Waals surface area contributed by atoms with Gasteiger partial charge in [-0.25, -0.2) is 0 Å². The number of methoxy groups -OCH3 is 1. The molecule has 0 aliphatic carbocycles. The molecule has 0 spiro atoms. The van der Waals surface area contributed by atoms with Crippen molar-refractivity contribution >= 4 is 34.8 Å². The van der Waals surface area contributed by atoms with Crippen molar-refractivity contribution in [3.63, 3.8) is 0 Å². The minimum absolute atomic E-state index is 0.143. The van der Waals surface area contributed by atoms with Crippen molar-refractivity contribution in [1.82, 2.24) is 14.9 Å². The highest BCUT2D eigenvalue weighted by molar-refractivity contribution is 6.35. The van der Waals surface area contributed by atoms with Gasteiger partial charge in [-0.05, 0) is 29.8 Å². The van der Waals surface area contributed by atoms with Gasteiger partial charge in [-0.2, -0.15) is 5.10 Å². The summed E-state index contributed by atoms with van der Waals surface area (Å²) >= 11 is 12.1. The fourth-order valence-electron chi connectivity index (χ4n) is 2.89. The molecule has 0 saturated heterocycles. The average molecular weight is 443 g/mol. The Morgan fingerprint density at radius 2 is 2.03 bits per heavy atom. The maximum absolute atomic E-state index is 12.5. The second-order valence-electron chi connectivity index (χ2n) is 6.39. The van der Waals surface area contributed by atoms with Crippen molar-refractivity contribution < 1.29 is 14.1 Å². The molecule has 4 aromatic rings. The van der Waals surface area contributed by atoms with Gasteiger partial charge in [0.1, 0.15) is 5.75 Å². The van der Waals surface area contributed by atoms with Gasteiger partial charge in [-0.1, -0.05) is 46.6 Å². The molecule has 0 atom stereocenters. The summed E-state index contributed by atoms with van der Waals surface area (Å²) in [6, 6.07) is 14.2. The van der Waals surface area contributed by atoms with Crippen LogP contribution in [0.15, 0.2) is 65.4 Å². The lowest BCUT2D eigenvalue weighted by Gasteiger charge is -2.05. The molecule has 1 N–H and O–H groups in total. The Labute approximate surface area is 182 Å². The fraction of sp³-hybridized carbons (Fsp3) is 0.0952. The first-order chi connectivity index (χ1) is 14.5. The SMILES string of the molecule is COc1ccccc1-c1cc(C(=O)Nc2cnn(Cc3ccc(Cl)cc3Cl)c2)no1. The van der Waals surface area contributed by atoms with Gasteiger partial charge < -0.3 is 14.6 Å². The fourth-order valence-corrected chi connectivity index (χ4v) is 3.36. The Morgan fingerprint density at radius 1 is 1.20 bits per heavy atom. The highest BCUT2D eigenvalue weighted by atomic mass is 35.5. The van der Waals surface area contributed by atoms with E-state index in [0.717, 1.165) is 5.56 Å². The molecule has 2 aromatic heterocycles. The van der Waals surface area contributed by atoms with Crippen LogP contribution in [-0.4, -0.2) is 28.0 Å². The monoisotopic (exact) mass is 442 g/mol. The largest absolute Gasteiger partial charge is 0.496 e. The summed E-state index contributed by atoms with van der Waals surface area (Å²) in [6.45, 7) is 0.438. The molecular formula is C21H16Cl2N4O3. The summed E-state index contributed by atoms with van der Waals surface area (Å²) in [5.41, 5.74) is 2.23. The summed E-state index contributed by atoms with van der Waals surface area (Å²) < 4.78 is 12.3. The molecule has 0 fully saturated rings. The van der Waals surface area contributed by atoms with E-state index in [2.05, 4.69) is 15.6 Å². The number of carbonyl (C=O) groups is 1. The first-order valence-corrected chi connectivity index (χ1v) is 9.67. The molecule has 9 heteroatoms. The third kappa shape index (κ3) is 4.32. The van der Waals surface area contributed by atoms with Crippen LogP contribution in [0.3, 0.4) is 0 Å². The Bertz CT molecular complexity index is 1200. The number of amides is 1. The maximum Gasteiger partial charge on any atom is 0.277 e. The maximum atomic E-state index is 12.5. The van der Waals surface area contributed by atoms with Crippen LogP contribution in [0.25, 0.3) is 11.3 Å². The van der Waals surface area contributed by atoms with Crippen molar-refractivity contribution in [2.75, 3.05) is 12.4 Å². The Morgan fingerprint density at radius 3 is 2.83 bits per heavy atom. The number of anilines is 1. The molecule has 2 heterocycles. The van der Waals surface area contributed by atoms with Gasteiger partial charge in [0.05, 0.1) is 31.1 Å². The Hall–Kier alpha value is -3.29. The van der Waals surface area contributed by atoms with Crippen molar-refractivity contribution in [1.29, 1.82) is 0 Å². The summed E-state index contributed by atoms with van der Waals surface area (Å²) in [4.78, 5) is 12.5. The molecule has 0 radical (unpaired) electrons. The lowest BCUT2D eigenvalue weighted by Crippen LogP contribution is -2.11. The number of benzene rings is 2. The number of nitrogens with one attached hydrogen (secondary N) is 1. The average Bonchev–Trinajstić information content (AvgIpc) is 3.40. The van der Waals surface area contributed by atoms with E-state index in [-0.39, 0.29) is 5.69 Å². The van der Waals surface area contributed by atoms with Gasteiger partial charge in [0, 0.05) is 22.3 Å². The van der Waals surface area contributed by atoms with Gasteiger partial charge in [0.2, 0.25) is 0 Å². The van der Waals surface area contributed by atoms with Crippen molar-refractivity contribution in [2.24, 2.45) is 0 Å². The van der Waals surface area contributed by atoms with Gasteiger partial charge in [0.25, 0.3) is 5.91 Å². The molecule has 0 bridgehead atoms. The van der Waals surface area contributed by atoms with Crippen LogP contribution in [0.1, 0.15) is 16.1 Å². The van der Waals surface area contributed by atoms with E-state index in [1.54, 1.807) is 48.5 Å². The number of para-hydroxylation sites is 1. The molecule has 0 aliphatic rings. The molecule has 0 aliphatic heterocycles. The molecule has 30 heavy (non-hydrogen) atoms. The lowest BCUT2D eigenvalue weighted by molar-refractivity contribution is 0.101. The number of hydrogen-bond donors (Lipinski definition) is 1. The first kappa shape index (κ1) is 20.0. The molecule has 2 aromatic carbocycles. The molecule has 7 nitrogen and oxygen atoms in total. The topological polar surface area (TPSA) is 82.2 Å².